The Kier molecular flexibility index (Phi) is 5.94. The van der Waals surface area contributed by atoms with E-state index in [4.69, 9.17) is 27.4 Å². The van der Waals surface area contributed by atoms with E-state index >= 15 is 0 Å². The van der Waals surface area contributed by atoms with Crippen LogP contribution >= 0.6 is 12.2 Å². The Labute approximate surface area is 140 Å². The highest BCUT2D eigenvalue weighted by molar-refractivity contribution is 7.80. The first-order valence-corrected chi connectivity index (χ1v) is 7.55. The van der Waals surface area contributed by atoms with Gasteiger partial charge in [-0.2, -0.15) is 0 Å². The Morgan fingerprint density at radius 1 is 1.13 bits per heavy atom. The number of benzene rings is 2. The van der Waals surface area contributed by atoms with Crippen molar-refractivity contribution in [2.24, 2.45) is 5.73 Å². The lowest BCUT2D eigenvalue weighted by Crippen LogP contribution is -2.20. The number of anilines is 1. The van der Waals surface area contributed by atoms with Gasteiger partial charge in [0.05, 0.1) is 6.61 Å². The van der Waals surface area contributed by atoms with E-state index in [1.807, 2.05) is 19.1 Å². The van der Waals surface area contributed by atoms with Crippen LogP contribution in [0.5, 0.6) is 11.5 Å². The van der Waals surface area contributed by atoms with Crippen LogP contribution in [-0.4, -0.2) is 24.1 Å². The lowest BCUT2D eigenvalue weighted by molar-refractivity contribution is -0.118. The zero-order valence-corrected chi connectivity index (χ0v) is 13.6. The minimum absolute atomic E-state index is 0.124. The summed E-state index contributed by atoms with van der Waals surface area (Å²) in [5.41, 5.74) is 6.88. The van der Waals surface area contributed by atoms with E-state index in [-0.39, 0.29) is 17.5 Å². The third kappa shape index (κ3) is 4.96. The van der Waals surface area contributed by atoms with Gasteiger partial charge in [-0.15, -0.1) is 0 Å². The fraction of sp³-hybridized carbons (Fsp3) is 0.176. The monoisotopic (exact) mass is 330 g/mol. The highest BCUT2D eigenvalue weighted by Gasteiger charge is 2.08. The number of carbonyl (C=O) groups is 1. The summed E-state index contributed by atoms with van der Waals surface area (Å²) in [6, 6.07) is 14.2. The minimum Gasteiger partial charge on any atom is -0.490 e. The summed E-state index contributed by atoms with van der Waals surface area (Å²) in [4.78, 5) is 12.3. The summed E-state index contributed by atoms with van der Waals surface area (Å²) in [5, 5.41) is 2.74. The smallest absolute Gasteiger partial charge is 0.262 e. The van der Waals surface area contributed by atoms with E-state index in [9.17, 15) is 4.79 Å². The molecule has 5 nitrogen and oxygen atoms in total. The van der Waals surface area contributed by atoms with Gasteiger partial charge in [0.25, 0.3) is 5.91 Å². The van der Waals surface area contributed by atoms with Gasteiger partial charge in [0.15, 0.2) is 18.1 Å². The molecule has 0 saturated carbocycles. The topological polar surface area (TPSA) is 73.6 Å². The van der Waals surface area contributed by atoms with Crippen LogP contribution in [-0.2, 0) is 4.79 Å². The summed E-state index contributed by atoms with van der Waals surface area (Å²) >= 11 is 4.92. The van der Waals surface area contributed by atoms with Crippen molar-refractivity contribution >= 4 is 28.8 Å². The summed E-state index contributed by atoms with van der Waals surface area (Å²) in [6.07, 6.45) is 0. The van der Waals surface area contributed by atoms with Crippen molar-refractivity contribution in [2.45, 2.75) is 6.92 Å². The predicted octanol–water partition coefficient (Wildman–Crippen LogP) is 2.74. The number of hydrogen-bond acceptors (Lipinski definition) is 4. The van der Waals surface area contributed by atoms with Crippen LogP contribution in [0, 0.1) is 0 Å². The molecule has 0 aliphatic carbocycles. The molecule has 0 bridgehead atoms. The van der Waals surface area contributed by atoms with Gasteiger partial charge in [-0.1, -0.05) is 36.5 Å². The molecule has 0 spiro atoms. The highest BCUT2D eigenvalue weighted by Crippen LogP contribution is 2.26. The molecule has 2 aromatic rings. The average molecular weight is 330 g/mol. The Hall–Kier alpha value is -2.60. The summed E-state index contributed by atoms with van der Waals surface area (Å²) in [5.74, 6) is 0.857. The Morgan fingerprint density at radius 2 is 1.83 bits per heavy atom. The molecule has 6 heteroatoms. The lowest BCUT2D eigenvalue weighted by Gasteiger charge is -2.12. The molecule has 0 aliphatic heterocycles. The maximum Gasteiger partial charge on any atom is 0.262 e. The quantitative estimate of drug-likeness (QED) is 0.764. The standard InChI is InChI=1S/C17H18N2O3S/c1-2-21-14-8-3-4-9-15(14)22-11-16(20)19-13-7-5-6-12(10-13)17(18)23/h3-10H,2,11H2,1H3,(H2,18,23)(H,19,20). The summed E-state index contributed by atoms with van der Waals surface area (Å²) in [7, 11) is 0. The molecular weight excluding hydrogens is 312 g/mol. The van der Waals surface area contributed by atoms with Gasteiger partial charge in [-0.25, -0.2) is 0 Å². The lowest BCUT2D eigenvalue weighted by atomic mass is 10.2. The molecule has 2 aromatic carbocycles. The second-order valence-electron chi connectivity index (χ2n) is 4.66. The molecule has 3 N–H and O–H groups in total. The number of para-hydroxylation sites is 2. The largest absolute Gasteiger partial charge is 0.490 e. The van der Waals surface area contributed by atoms with Crippen molar-refractivity contribution in [2.75, 3.05) is 18.5 Å². The predicted molar refractivity (Wildman–Crippen MR) is 94.1 cm³/mol. The number of nitrogens with one attached hydrogen (secondary N) is 1. The maximum atomic E-state index is 12.0. The molecule has 0 aromatic heterocycles. The van der Waals surface area contributed by atoms with E-state index in [2.05, 4.69) is 5.32 Å². The molecule has 0 aliphatic rings. The number of hydrogen-bond donors (Lipinski definition) is 2. The van der Waals surface area contributed by atoms with Gasteiger partial charge < -0.3 is 20.5 Å². The van der Waals surface area contributed by atoms with Gasteiger partial charge in [-0.3, -0.25) is 4.79 Å². The van der Waals surface area contributed by atoms with Crippen LogP contribution in [0.15, 0.2) is 48.5 Å². The molecule has 120 valence electrons. The van der Waals surface area contributed by atoms with Gasteiger partial charge in [0.2, 0.25) is 0 Å². The van der Waals surface area contributed by atoms with E-state index in [1.54, 1.807) is 36.4 Å². The Morgan fingerprint density at radius 3 is 2.48 bits per heavy atom. The number of ether oxygens (including phenoxy) is 2. The SMILES string of the molecule is CCOc1ccccc1OCC(=O)Nc1cccc(C(N)=S)c1. The fourth-order valence-corrected chi connectivity index (χ4v) is 2.06. The molecule has 2 rings (SSSR count). The van der Waals surface area contributed by atoms with Crippen molar-refractivity contribution in [3.05, 3.63) is 54.1 Å². The molecule has 0 fully saturated rings. The van der Waals surface area contributed by atoms with Crippen LogP contribution < -0.4 is 20.5 Å². The molecule has 0 saturated heterocycles. The van der Waals surface area contributed by atoms with Crippen LogP contribution in [0.4, 0.5) is 5.69 Å². The van der Waals surface area contributed by atoms with E-state index in [0.717, 1.165) is 0 Å². The Bertz CT molecular complexity index is 704. The number of thiocarbonyl (C=S) groups is 1. The summed E-state index contributed by atoms with van der Waals surface area (Å²) < 4.78 is 11.0. The summed E-state index contributed by atoms with van der Waals surface area (Å²) in [6.45, 7) is 2.29. The van der Waals surface area contributed by atoms with Crippen molar-refractivity contribution < 1.29 is 14.3 Å². The zero-order chi connectivity index (χ0) is 16.7. The van der Waals surface area contributed by atoms with Crippen molar-refractivity contribution in [1.82, 2.24) is 0 Å². The molecular formula is C17H18N2O3S. The van der Waals surface area contributed by atoms with Gasteiger partial charge in [-0.05, 0) is 31.2 Å². The first-order valence-electron chi connectivity index (χ1n) is 7.14. The van der Waals surface area contributed by atoms with Crippen LogP contribution in [0.1, 0.15) is 12.5 Å². The van der Waals surface area contributed by atoms with E-state index in [0.29, 0.717) is 29.4 Å². The van der Waals surface area contributed by atoms with Crippen LogP contribution in [0.25, 0.3) is 0 Å². The Balaban J connectivity index is 1.95. The number of nitrogens with two attached hydrogens (primary N) is 1. The highest BCUT2D eigenvalue weighted by atomic mass is 32.1. The zero-order valence-electron chi connectivity index (χ0n) is 12.7. The van der Waals surface area contributed by atoms with Crippen molar-refractivity contribution in [1.29, 1.82) is 0 Å². The second-order valence-corrected chi connectivity index (χ2v) is 5.10. The van der Waals surface area contributed by atoms with Gasteiger partial charge >= 0.3 is 0 Å². The van der Waals surface area contributed by atoms with Crippen molar-refractivity contribution in [3.63, 3.8) is 0 Å². The first kappa shape index (κ1) is 16.8. The first-order chi connectivity index (χ1) is 11.1. The number of amides is 1. The van der Waals surface area contributed by atoms with Gasteiger partial charge in [0, 0.05) is 11.3 Å². The van der Waals surface area contributed by atoms with E-state index < -0.39 is 0 Å². The van der Waals surface area contributed by atoms with Gasteiger partial charge in [0.1, 0.15) is 4.99 Å². The van der Waals surface area contributed by atoms with Crippen LogP contribution in [0.3, 0.4) is 0 Å². The normalized spacial score (nSPS) is 9.96. The molecule has 1 amide bonds. The molecule has 0 unspecified atom stereocenters. The number of carbonyl (C=O) groups excluding carboxylic acids is 1. The average Bonchev–Trinajstić information content (AvgIpc) is 2.54. The van der Waals surface area contributed by atoms with E-state index in [1.165, 1.54) is 0 Å². The second kappa shape index (κ2) is 8.14. The molecule has 23 heavy (non-hydrogen) atoms. The molecule has 0 radical (unpaired) electrons. The molecule has 0 atom stereocenters. The third-order valence-corrected chi connectivity index (χ3v) is 3.17. The minimum atomic E-state index is -0.281. The van der Waals surface area contributed by atoms with Crippen molar-refractivity contribution in [3.8, 4) is 11.5 Å². The third-order valence-electron chi connectivity index (χ3n) is 2.94. The fourth-order valence-electron chi connectivity index (χ4n) is 1.93. The number of rotatable bonds is 7. The molecule has 0 heterocycles. The maximum absolute atomic E-state index is 12.0. The van der Waals surface area contributed by atoms with Crippen LogP contribution in [0.2, 0.25) is 0 Å².